The number of aliphatic carboxylic acids is 2. The van der Waals surface area contributed by atoms with Gasteiger partial charge >= 0.3 is 11.9 Å². The van der Waals surface area contributed by atoms with Gasteiger partial charge in [-0.05, 0) is 24.3 Å². The van der Waals surface area contributed by atoms with Gasteiger partial charge in [0, 0.05) is 17.8 Å². The van der Waals surface area contributed by atoms with E-state index in [1.165, 1.54) is 0 Å². The van der Waals surface area contributed by atoms with Crippen molar-refractivity contribution in [3.63, 3.8) is 0 Å². The number of nitrogens with two attached hydrogens (primary N) is 1. The lowest BCUT2D eigenvalue weighted by Crippen LogP contribution is -2.18. The number of benzene rings is 1. The van der Waals surface area contributed by atoms with E-state index < -0.39 is 11.9 Å². The molecule has 1 aromatic carbocycles. The standard InChI is InChI=1S/C13H13N3O.C2H2O4/c14-10-3-1-2-9(8-10)11-4-5-12(17-11)13-15-6-7-16-13;3-1(4)2(5)6/h1-5,8H,6-7,14H2,(H,15,16);(H,3,4)(H,5,6). The van der Waals surface area contributed by atoms with Crippen molar-refractivity contribution in [1.82, 2.24) is 5.32 Å². The molecule has 1 aromatic heterocycles. The summed E-state index contributed by atoms with van der Waals surface area (Å²) in [6, 6.07) is 11.5. The van der Waals surface area contributed by atoms with Crippen molar-refractivity contribution < 1.29 is 24.2 Å². The monoisotopic (exact) mass is 317 g/mol. The number of anilines is 1. The molecule has 0 atom stereocenters. The number of nitrogen functional groups attached to an aromatic ring is 1. The van der Waals surface area contributed by atoms with Crippen LogP contribution in [0.25, 0.3) is 11.3 Å². The number of nitrogens with one attached hydrogen (secondary N) is 1. The number of aliphatic imine (C=N–C) groups is 1. The Morgan fingerprint density at radius 2 is 1.83 bits per heavy atom. The van der Waals surface area contributed by atoms with Gasteiger partial charge in [-0.25, -0.2) is 9.59 Å². The fourth-order valence-electron chi connectivity index (χ4n) is 1.88. The number of carboxylic acids is 2. The number of carboxylic acid groups (broad SMARTS) is 2. The predicted octanol–water partition coefficient (Wildman–Crippen LogP) is 1.03. The first-order chi connectivity index (χ1) is 11.0. The zero-order valence-corrected chi connectivity index (χ0v) is 12.0. The highest BCUT2D eigenvalue weighted by atomic mass is 16.4. The average Bonchev–Trinajstić information content (AvgIpc) is 3.19. The molecule has 0 fully saturated rings. The molecule has 0 bridgehead atoms. The minimum absolute atomic E-state index is 0.733. The maximum Gasteiger partial charge on any atom is 0.414 e. The topological polar surface area (TPSA) is 138 Å². The predicted molar refractivity (Wildman–Crippen MR) is 83.2 cm³/mol. The SMILES string of the molecule is Nc1cccc(-c2ccc(C3=NCCN3)o2)c1.O=C(O)C(=O)O. The summed E-state index contributed by atoms with van der Waals surface area (Å²) < 4.78 is 5.76. The van der Waals surface area contributed by atoms with Crippen LogP contribution in [0.4, 0.5) is 5.69 Å². The summed E-state index contributed by atoms with van der Waals surface area (Å²) in [7, 11) is 0. The number of amidine groups is 1. The van der Waals surface area contributed by atoms with E-state index in [4.69, 9.17) is 30.0 Å². The molecule has 1 aliphatic heterocycles. The Morgan fingerprint density at radius 3 is 2.39 bits per heavy atom. The van der Waals surface area contributed by atoms with Gasteiger partial charge in [0.25, 0.3) is 0 Å². The van der Waals surface area contributed by atoms with Crippen molar-refractivity contribution in [3.05, 3.63) is 42.2 Å². The van der Waals surface area contributed by atoms with Crippen LogP contribution in [0.1, 0.15) is 5.76 Å². The minimum Gasteiger partial charge on any atom is -0.473 e. The zero-order chi connectivity index (χ0) is 16.8. The molecule has 0 saturated heterocycles. The van der Waals surface area contributed by atoms with E-state index in [1.54, 1.807) is 0 Å². The van der Waals surface area contributed by atoms with Crippen molar-refractivity contribution in [2.24, 2.45) is 4.99 Å². The average molecular weight is 317 g/mol. The van der Waals surface area contributed by atoms with Gasteiger partial charge in [0.2, 0.25) is 0 Å². The number of nitrogens with zero attached hydrogens (tertiary/aromatic N) is 1. The summed E-state index contributed by atoms with van der Waals surface area (Å²) in [5.74, 6) is -1.23. The van der Waals surface area contributed by atoms with Crippen LogP contribution in [0, 0.1) is 0 Å². The summed E-state index contributed by atoms with van der Waals surface area (Å²) in [5, 5.41) is 18.0. The Labute approximate surface area is 131 Å². The molecule has 2 heterocycles. The molecule has 0 spiro atoms. The maximum absolute atomic E-state index is 9.10. The van der Waals surface area contributed by atoms with Gasteiger partial charge in [0.05, 0.1) is 6.54 Å². The van der Waals surface area contributed by atoms with E-state index >= 15 is 0 Å². The minimum atomic E-state index is -1.82. The summed E-state index contributed by atoms with van der Waals surface area (Å²) >= 11 is 0. The fraction of sp³-hybridized carbons (Fsp3) is 0.133. The van der Waals surface area contributed by atoms with Crippen LogP contribution in [0.5, 0.6) is 0 Å². The second-order valence-electron chi connectivity index (χ2n) is 4.56. The van der Waals surface area contributed by atoms with E-state index in [0.29, 0.717) is 0 Å². The molecule has 0 radical (unpaired) electrons. The zero-order valence-electron chi connectivity index (χ0n) is 12.0. The van der Waals surface area contributed by atoms with Crippen LogP contribution in [0.2, 0.25) is 0 Å². The molecular formula is C15H15N3O5. The number of rotatable bonds is 2. The number of hydrogen-bond acceptors (Lipinski definition) is 6. The lowest BCUT2D eigenvalue weighted by molar-refractivity contribution is -0.159. The summed E-state index contributed by atoms with van der Waals surface area (Å²) in [4.78, 5) is 22.5. The lowest BCUT2D eigenvalue weighted by atomic mass is 10.1. The van der Waals surface area contributed by atoms with Gasteiger partial charge in [-0.1, -0.05) is 12.1 Å². The van der Waals surface area contributed by atoms with E-state index in [1.807, 2.05) is 36.4 Å². The summed E-state index contributed by atoms with van der Waals surface area (Å²) in [6.07, 6.45) is 0. The van der Waals surface area contributed by atoms with Crippen LogP contribution in [-0.4, -0.2) is 41.1 Å². The van der Waals surface area contributed by atoms with E-state index in [2.05, 4.69) is 10.3 Å². The molecule has 120 valence electrons. The third-order valence-electron chi connectivity index (χ3n) is 2.87. The smallest absolute Gasteiger partial charge is 0.414 e. The highest BCUT2D eigenvalue weighted by Gasteiger charge is 2.13. The molecule has 8 nitrogen and oxygen atoms in total. The quantitative estimate of drug-likeness (QED) is 0.479. The van der Waals surface area contributed by atoms with E-state index in [9.17, 15) is 0 Å². The van der Waals surface area contributed by atoms with Gasteiger partial charge < -0.3 is 25.7 Å². The second kappa shape index (κ2) is 7.12. The van der Waals surface area contributed by atoms with Crippen molar-refractivity contribution in [2.45, 2.75) is 0 Å². The second-order valence-corrected chi connectivity index (χ2v) is 4.56. The Bertz CT molecular complexity index is 739. The van der Waals surface area contributed by atoms with Gasteiger partial charge in [-0.3, -0.25) is 4.99 Å². The first-order valence-electron chi connectivity index (χ1n) is 6.68. The van der Waals surface area contributed by atoms with Crippen LogP contribution in [0.3, 0.4) is 0 Å². The third-order valence-corrected chi connectivity index (χ3v) is 2.87. The Hall–Kier alpha value is -3.29. The molecule has 1 aliphatic rings. The Morgan fingerprint density at radius 1 is 1.13 bits per heavy atom. The van der Waals surface area contributed by atoms with Gasteiger partial charge in [-0.2, -0.15) is 0 Å². The maximum atomic E-state index is 9.10. The van der Waals surface area contributed by atoms with Crippen LogP contribution in [-0.2, 0) is 9.59 Å². The van der Waals surface area contributed by atoms with Crippen molar-refractivity contribution >= 4 is 23.5 Å². The van der Waals surface area contributed by atoms with Gasteiger partial charge in [-0.15, -0.1) is 0 Å². The molecule has 0 amide bonds. The third kappa shape index (κ3) is 4.34. The summed E-state index contributed by atoms with van der Waals surface area (Å²) in [6.45, 7) is 1.69. The van der Waals surface area contributed by atoms with Gasteiger partial charge in [0.15, 0.2) is 11.6 Å². The first-order valence-corrected chi connectivity index (χ1v) is 6.68. The molecule has 0 saturated carbocycles. The van der Waals surface area contributed by atoms with Gasteiger partial charge in [0.1, 0.15) is 5.76 Å². The molecule has 2 aromatic rings. The molecule has 0 aliphatic carbocycles. The molecule has 3 rings (SSSR count). The van der Waals surface area contributed by atoms with Crippen molar-refractivity contribution in [2.75, 3.05) is 18.8 Å². The largest absolute Gasteiger partial charge is 0.473 e. The normalized spacial score (nSPS) is 12.6. The first kappa shape index (κ1) is 16.1. The molecular weight excluding hydrogens is 302 g/mol. The molecule has 0 unspecified atom stereocenters. The Balaban J connectivity index is 0.000000277. The summed E-state index contributed by atoms with van der Waals surface area (Å²) in [5.41, 5.74) is 7.46. The number of carbonyl (C=O) groups is 2. The molecule has 23 heavy (non-hydrogen) atoms. The molecule has 5 N–H and O–H groups in total. The van der Waals surface area contributed by atoms with E-state index in [-0.39, 0.29) is 0 Å². The van der Waals surface area contributed by atoms with Crippen LogP contribution in [0.15, 0.2) is 45.8 Å². The highest BCUT2D eigenvalue weighted by Crippen LogP contribution is 2.24. The fourth-order valence-corrected chi connectivity index (χ4v) is 1.88. The highest BCUT2D eigenvalue weighted by molar-refractivity contribution is 6.27. The Kier molecular flexibility index (Phi) is 4.98. The number of furan rings is 1. The van der Waals surface area contributed by atoms with Crippen molar-refractivity contribution in [3.8, 4) is 11.3 Å². The lowest BCUT2D eigenvalue weighted by Gasteiger charge is -1.99. The van der Waals surface area contributed by atoms with Crippen LogP contribution < -0.4 is 11.1 Å². The van der Waals surface area contributed by atoms with Crippen LogP contribution >= 0.6 is 0 Å². The van der Waals surface area contributed by atoms with E-state index in [0.717, 1.165) is 41.7 Å². The molecule has 8 heteroatoms. The number of hydrogen-bond donors (Lipinski definition) is 4. The van der Waals surface area contributed by atoms with Crippen molar-refractivity contribution in [1.29, 1.82) is 0 Å².